The first-order valence-electron chi connectivity index (χ1n) is 6.51. The molecule has 0 aromatic carbocycles. The van der Waals surface area contributed by atoms with Gasteiger partial charge in [0.1, 0.15) is 0 Å². The molecular formula is C13H17BrClN5O. The average molecular weight is 375 g/mol. The lowest BCUT2D eigenvalue weighted by atomic mass is 10.3. The van der Waals surface area contributed by atoms with Crippen molar-refractivity contribution in [2.24, 2.45) is 7.05 Å². The van der Waals surface area contributed by atoms with Gasteiger partial charge in [-0.25, -0.2) is 0 Å². The number of hydrogen-bond acceptors (Lipinski definition) is 3. The van der Waals surface area contributed by atoms with E-state index in [0.29, 0.717) is 23.8 Å². The first kappa shape index (κ1) is 16.0. The van der Waals surface area contributed by atoms with Crippen LogP contribution in [0.25, 0.3) is 0 Å². The number of carbonyl (C=O) groups is 1. The molecule has 0 radical (unpaired) electrons. The van der Waals surface area contributed by atoms with Crippen LogP contribution in [0.2, 0.25) is 5.02 Å². The molecule has 0 N–H and O–H groups in total. The molecule has 0 atom stereocenters. The monoisotopic (exact) mass is 373 g/mol. The Labute approximate surface area is 136 Å². The van der Waals surface area contributed by atoms with Crippen LogP contribution in [0.3, 0.4) is 0 Å². The molecule has 2 heterocycles. The first-order valence-corrected chi connectivity index (χ1v) is 7.68. The van der Waals surface area contributed by atoms with Gasteiger partial charge in [-0.3, -0.25) is 14.2 Å². The molecule has 0 bridgehead atoms. The quantitative estimate of drug-likeness (QED) is 0.826. The lowest BCUT2D eigenvalue weighted by Crippen LogP contribution is -2.28. The molecule has 0 aliphatic heterocycles. The zero-order valence-corrected chi connectivity index (χ0v) is 14.7. The number of hydrogen-bond donors (Lipinski definition) is 0. The van der Waals surface area contributed by atoms with Gasteiger partial charge in [0.2, 0.25) is 0 Å². The van der Waals surface area contributed by atoms with Crippen molar-refractivity contribution in [3.63, 3.8) is 0 Å². The van der Waals surface area contributed by atoms with Crippen molar-refractivity contribution in [1.82, 2.24) is 24.5 Å². The summed E-state index contributed by atoms with van der Waals surface area (Å²) in [5, 5.41) is 8.98. The number of halogens is 2. The number of aryl methyl sites for hydroxylation is 2. The van der Waals surface area contributed by atoms with Crippen molar-refractivity contribution in [1.29, 1.82) is 0 Å². The second-order valence-electron chi connectivity index (χ2n) is 4.79. The highest BCUT2D eigenvalue weighted by Gasteiger charge is 2.22. The number of carbonyl (C=O) groups excluding carboxylic acids is 1. The van der Waals surface area contributed by atoms with Crippen LogP contribution in [-0.2, 0) is 20.1 Å². The highest BCUT2D eigenvalue weighted by atomic mass is 79.9. The van der Waals surface area contributed by atoms with Crippen molar-refractivity contribution in [3.05, 3.63) is 32.8 Å². The van der Waals surface area contributed by atoms with Crippen LogP contribution in [0.1, 0.15) is 28.8 Å². The van der Waals surface area contributed by atoms with Gasteiger partial charge >= 0.3 is 0 Å². The molecule has 0 aliphatic carbocycles. The summed E-state index contributed by atoms with van der Waals surface area (Å²) < 4.78 is 4.18. The zero-order valence-electron chi connectivity index (χ0n) is 12.4. The van der Waals surface area contributed by atoms with E-state index in [1.54, 1.807) is 34.6 Å². The maximum atomic E-state index is 12.5. The van der Waals surface area contributed by atoms with Crippen molar-refractivity contribution in [2.75, 3.05) is 7.05 Å². The predicted molar refractivity (Wildman–Crippen MR) is 84.4 cm³/mol. The van der Waals surface area contributed by atoms with Crippen molar-refractivity contribution in [3.8, 4) is 0 Å². The van der Waals surface area contributed by atoms with Gasteiger partial charge in [-0.15, -0.1) is 0 Å². The lowest BCUT2D eigenvalue weighted by Gasteiger charge is -2.17. The normalized spacial score (nSPS) is 11.0. The summed E-state index contributed by atoms with van der Waals surface area (Å²) in [4.78, 5) is 14.1. The van der Waals surface area contributed by atoms with Crippen molar-refractivity contribution >= 4 is 33.4 Å². The topological polar surface area (TPSA) is 56.0 Å². The molecule has 0 saturated carbocycles. The van der Waals surface area contributed by atoms with Crippen LogP contribution in [0.4, 0.5) is 0 Å². The summed E-state index contributed by atoms with van der Waals surface area (Å²) in [6.45, 7) is 4.97. The number of aromatic nitrogens is 4. The molecule has 2 aromatic heterocycles. The SMILES string of the molecule is CCn1ncc(Cl)c1CN(C)C(=O)c1nn(C)c(C)c1Br. The van der Waals surface area contributed by atoms with E-state index in [1.807, 2.05) is 13.8 Å². The molecule has 0 saturated heterocycles. The highest BCUT2D eigenvalue weighted by Crippen LogP contribution is 2.23. The Hall–Kier alpha value is -1.34. The third kappa shape index (κ3) is 2.98. The molecule has 1 amide bonds. The van der Waals surface area contributed by atoms with E-state index < -0.39 is 0 Å². The minimum absolute atomic E-state index is 0.162. The molecule has 2 aromatic rings. The molecule has 21 heavy (non-hydrogen) atoms. The maximum Gasteiger partial charge on any atom is 0.275 e. The van der Waals surface area contributed by atoms with Crippen LogP contribution in [0, 0.1) is 6.92 Å². The van der Waals surface area contributed by atoms with Crippen LogP contribution in [-0.4, -0.2) is 37.4 Å². The van der Waals surface area contributed by atoms with Gasteiger partial charge in [-0.1, -0.05) is 11.6 Å². The second-order valence-corrected chi connectivity index (χ2v) is 5.99. The molecule has 0 spiro atoms. The summed E-state index contributed by atoms with van der Waals surface area (Å²) in [5.74, 6) is -0.162. The van der Waals surface area contributed by atoms with Gasteiger partial charge in [0, 0.05) is 20.6 Å². The molecule has 6 nitrogen and oxygen atoms in total. The smallest absolute Gasteiger partial charge is 0.275 e. The Kier molecular flexibility index (Phi) is 4.73. The van der Waals surface area contributed by atoms with E-state index in [0.717, 1.165) is 15.9 Å². The van der Waals surface area contributed by atoms with Crippen molar-refractivity contribution < 1.29 is 4.79 Å². The molecule has 0 fully saturated rings. The van der Waals surface area contributed by atoms with Crippen LogP contribution >= 0.6 is 27.5 Å². The van der Waals surface area contributed by atoms with Gasteiger partial charge < -0.3 is 4.90 Å². The minimum atomic E-state index is -0.162. The Morgan fingerprint density at radius 3 is 2.71 bits per heavy atom. The van der Waals surface area contributed by atoms with Crippen LogP contribution in [0.15, 0.2) is 10.7 Å². The number of nitrogens with zero attached hydrogens (tertiary/aromatic N) is 5. The van der Waals surface area contributed by atoms with Gasteiger partial charge in [-0.05, 0) is 29.8 Å². The standard InChI is InChI=1S/C13H17BrClN5O/c1-5-20-10(9(15)6-16-20)7-18(3)13(21)12-11(14)8(2)19(4)17-12/h6H,5,7H2,1-4H3. The van der Waals surface area contributed by atoms with E-state index >= 15 is 0 Å². The average Bonchev–Trinajstić information content (AvgIpc) is 2.93. The number of rotatable bonds is 4. The van der Waals surface area contributed by atoms with Gasteiger partial charge in [0.05, 0.1) is 33.6 Å². The fraction of sp³-hybridized carbons (Fsp3) is 0.462. The summed E-state index contributed by atoms with van der Waals surface area (Å²) in [6.07, 6.45) is 1.60. The maximum absolute atomic E-state index is 12.5. The fourth-order valence-electron chi connectivity index (χ4n) is 2.01. The summed E-state index contributed by atoms with van der Waals surface area (Å²) in [5.41, 5.74) is 2.12. The Balaban J connectivity index is 2.23. The molecule has 0 unspecified atom stereocenters. The fourth-order valence-corrected chi connectivity index (χ4v) is 2.72. The molecule has 2 rings (SSSR count). The Morgan fingerprint density at radius 1 is 1.52 bits per heavy atom. The molecule has 8 heteroatoms. The van der Waals surface area contributed by atoms with Crippen LogP contribution < -0.4 is 0 Å². The number of amides is 1. The summed E-state index contributed by atoms with van der Waals surface area (Å²) in [7, 11) is 3.53. The third-order valence-electron chi connectivity index (χ3n) is 3.39. The molecule has 114 valence electrons. The van der Waals surface area contributed by atoms with E-state index in [4.69, 9.17) is 11.6 Å². The largest absolute Gasteiger partial charge is 0.334 e. The van der Waals surface area contributed by atoms with E-state index in [1.165, 1.54) is 0 Å². The van der Waals surface area contributed by atoms with Gasteiger partial charge in [0.15, 0.2) is 5.69 Å². The minimum Gasteiger partial charge on any atom is -0.334 e. The van der Waals surface area contributed by atoms with E-state index in [2.05, 4.69) is 26.1 Å². The third-order valence-corrected chi connectivity index (χ3v) is 4.66. The highest BCUT2D eigenvalue weighted by molar-refractivity contribution is 9.10. The zero-order chi connectivity index (χ0) is 15.7. The molecular weight excluding hydrogens is 358 g/mol. The Morgan fingerprint density at radius 2 is 2.19 bits per heavy atom. The van der Waals surface area contributed by atoms with Gasteiger partial charge in [0.25, 0.3) is 5.91 Å². The van der Waals surface area contributed by atoms with Crippen molar-refractivity contribution in [2.45, 2.75) is 26.9 Å². The predicted octanol–water partition coefficient (Wildman–Crippen LogP) is 2.63. The first-order chi connectivity index (χ1) is 9.86. The molecule has 0 aliphatic rings. The Bertz CT molecular complexity index is 678. The van der Waals surface area contributed by atoms with E-state index in [9.17, 15) is 4.79 Å². The lowest BCUT2D eigenvalue weighted by molar-refractivity contribution is 0.0774. The second kappa shape index (κ2) is 6.19. The summed E-state index contributed by atoms with van der Waals surface area (Å²) >= 11 is 9.54. The van der Waals surface area contributed by atoms with E-state index in [-0.39, 0.29) is 5.91 Å². The summed E-state index contributed by atoms with van der Waals surface area (Å²) in [6, 6.07) is 0. The van der Waals surface area contributed by atoms with Crippen LogP contribution in [0.5, 0.6) is 0 Å². The van der Waals surface area contributed by atoms with Gasteiger partial charge in [-0.2, -0.15) is 10.2 Å².